The number of benzene rings is 1. The van der Waals surface area contributed by atoms with Gasteiger partial charge in [-0.15, -0.1) is 11.3 Å². The molecule has 0 aliphatic heterocycles. The van der Waals surface area contributed by atoms with Crippen LogP contribution in [0.3, 0.4) is 0 Å². The lowest BCUT2D eigenvalue weighted by Crippen LogP contribution is -1.98. The second kappa shape index (κ2) is 6.19. The van der Waals surface area contributed by atoms with Crippen molar-refractivity contribution in [2.75, 3.05) is 5.32 Å². The third-order valence-electron chi connectivity index (χ3n) is 3.56. The first-order valence-corrected chi connectivity index (χ1v) is 8.60. The number of hydrogen-bond donors (Lipinski definition) is 1. The zero-order valence-electron chi connectivity index (χ0n) is 12.8. The molecule has 0 saturated heterocycles. The van der Waals surface area contributed by atoms with E-state index in [0.717, 1.165) is 27.3 Å². The van der Waals surface area contributed by atoms with E-state index in [-0.39, 0.29) is 0 Å². The van der Waals surface area contributed by atoms with Crippen molar-refractivity contribution in [3.8, 4) is 11.4 Å². The topological polar surface area (TPSA) is 50.7 Å². The molecule has 4 rings (SSSR count). The van der Waals surface area contributed by atoms with Crippen LogP contribution in [0, 0.1) is 6.92 Å². The van der Waals surface area contributed by atoms with E-state index >= 15 is 0 Å². The summed E-state index contributed by atoms with van der Waals surface area (Å²) in [6.45, 7) is 2.06. The Balaban J connectivity index is 1.88. The lowest BCUT2D eigenvalue weighted by atomic mass is 10.2. The van der Waals surface area contributed by atoms with Gasteiger partial charge in [-0.1, -0.05) is 23.7 Å². The van der Waals surface area contributed by atoms with Gasteiger partial charge in [0, 0.05) is 22.8 Å². The van der Waals surface area contributed by atoms with E-state index in [1.165, 1.54) is 4.88 Å². The molecule has 4 nitrogen and oxygen atoms in total. The quantitative estimate of drug-likeness (QED) is 0.532. The number of rotatable bonds is 3. The van der Waals surface area contributed by atoms with Gasteiger partial charge in [0.05, 0.1) is 16.1 Å². The molecule has 4 aromatic rings. The number of aromatic nitrogens is 3. The molecule has 1 N–H and O–H groups in total. The van der Waals surface area contributed by atoms with Gasteiger partial charge in [-0.3, -0.25) is 4.98 Å². The Bertz CT molecular complexity index is 1010. The van der Waals surface area contributed by atoms with E-state index in [1.807, 2.05) is 36.4 Å². The summed E-state index contributed by atoms with van der Waals surface area (Å²) in [5, 5.41) is 4.98. The molecule has 0 aliphatic rings. The Hall–Kier alpha value is -2.50. The average Bonchev–Trinajstić information content (AvgIpc) is 2.98. The molecule has 0 aliphatic carbocycles. The van der Waals surface area contributed by atoms with E-state index < -0.39 is 0 Å². The molecule has 0 fully saturated rings. The van der Waals surface area contributed by atoms with Crippen LogP contribution >= 0.6 is 22.9 Å². The Labute approximate surface area is 148 Å². The largest absolute Gasteiger partial charge is 0.338 e. The molecule has 0 saturated carbocycles. The number of nitrogens with zero attached hydrogens (tertiary/aromatic N) is 3. The summed E-state index contributed by atoms with van der Waals surface area (Å²) in [5.41, 5.74) is 1.70. The van der Waals surface area contributed by atoms with Gasteiger partial charge in [0.15, 0.2) is 5.82 Å². The van der Waals surface area contributed by atoms with Gasteiger partial charge in [0.25, 0.3) is 0 Å². The average molecular weight is 353 g/mol. The van der Waals surface area contributed by atoms with Crippen molar-refractivity contribution < 1.29 is 0 Å². The van der Waals surface area contributed by atoms with Crippen molar-refractivity contribution in [2.45, 2.75) is 6.92 Å². The fourth-order valence-electron chi connectivity index (χ4n) is 2.45. The molecule has 3 heterocycles. The summed E-state index contributed by atoms with van der Waals surface area (Å²) in [6.07, 6.45) is 3.50. The minimum Gasteiger partial charge on any atom is -0.338 e. The van der Waals surface area contributed by atoms with Crippen LogP contribution in [0.2, 0.25) is 5.02 Å². The minimum atomic E-state index is 0.645. The van der Waals surface area contributed by atoms with E-state index in [9.17, 15) is 0 Å². The van der Waals surface area contributed by atoms with Crippen LogP contribution < -0.4 is 5.32 Å². The third-order valence-corrected chi connectivity index (χ3v) is 4.84. The van der Waals surface area contributed by atoms with E-state index in [4.69, 9.17) is 16.6 Å². The number of pyridine rings is 1. The van der Waals surface area contributed by atoms with Crippen molar-refractivity contribution in [1.82, 2.24) is 15.0 Å². The monoisotopic (exact) mass is 352 g/mol. The predicted octanol–water partition coefficient (Wildman–Crippen LogP) is 5.46. The molecule has 0 radical (unpaired) electrons. The smallest absolute Gasteiger partial charge is 0.164 e. The number of thiophene rings is 1. The van der Waals surface area contributed by atoms with Crippen molar-refractivity contribution in [1.29, 1.82) is 0 Å². The highest BCUT2D eigenvalue weighted by atomic mass is 35.5. The zero-order valence-corrected chi connectivity index (χ0v) is 14.4. The van der Waals surface area contributed by atoms with Crippen LogP contribution in [0.25, 0.3) is 21.6 Å². The van der Waals surface area contributed by atoms with Gasteiger partial charge in [-0.05, 0) is 37.3 Å². The summed E-state index contributed by atoms with van der Waals surface area (Å²) < 4.78 is 0. The second-order valence-corrected chi connectivity index (χ2v) is 6.96. The third kappa shape index (κ3) is 2.84. The number of hydrogen-bond acceptors (Lipinski definition) is 5. The van der Waals surface area contributed by atoms with Crippen LogP contribution in [0.4, 0.5) is 11.5 Å². The first-order valence-electron chi connectivity index (χ1n) is 7.41. The van der Waals surface area contributed by atoms with Crippen LogP contribution in [0.15, 0.2) is 54.9 Å². The van der Waals surface area contributed by atoms with E-state index in [1.54, 1.807) is 23.7 Å². The molecular formula is C18H13ClN4S. The summed E-state index contributed by atoms with van der Waals surface area (Å²) in [4.78, 5) is 15.7. The molecule has 118 valence electrons. The van der Waals surface area contributed by atoms with Crippen LogP contribution in [-0.4, -0.2) is 15.0 Å². The standard InChI is InChI=1S/C18H13ClN4S/c1-11-9-13-17(21-15-7-3-2-6-14(15)19)22-16(23-18(13)24-11)12-5-4-8-20-10-12/h2-10H,1H3,(H,21,22,23). The van der Waals surface area contributed by atoms with Crippen molar-refractivity contribution in [3.05, 3.63) is 64.8 Å². The first-order chi connectivity index (χ1) is 11.7. The number of fused-ring (bicyclic) bond motifs is 1. The summed E-state index contributed by atoms with van der Waals surface area (Å²) in [5.74, 6) is 1.39. The summed E-state index contributed by atoms with van der Waals surface area (Å²) in [6, 6.07) is 13.5. The lowest BCUT2D eigenvalue weighted by molar-refractivity contribution is 1.21. The first kappa shape index (κ1) is 15.1. The molecular weight excluding hydrogens is 340 g/mol. The van der Waals surface area contributed by atoms with Crippen LogP contribution in [-0.2, 0) is 0 Å². The number of halogens is 1. The molecule has 0 spiro atoms. The summed E-state index contributed by atoms with van der Waals surface area (Å²) in [7, 11) is 0. The van der Waals surface area contributed by atoms with E-state index in [0.29, 0.717) is 10.8 Å². The molecule has 0 unspecified atom stereocenters. The highest BCUT2D eigenvalue weighted by Crippen LogP contribution is 2.33. The zero-order chi connectivity index (χ0) is 16.5. The highest BCUT2D eigenvalue weighted by molar-refractivity contribution is 7.18. The molecule has 0 bridgehead atoms. The number of anilines is 2. The lowest BCUT2D eigenvalue weighted by Gasteiger charge is -2.10. The number of nitrogens with one attached hydrogen (secondary N) is 1. The van der Waals surface area contributed by atoms with Gasteiger partial charge in [-0.25, -0.2) is 9.97 Å². The van der Waals surface area contributed by atoms with Gasteiger partial charge in [0.1, 0.15) is 10.6 Å². The van der Waals surface area contributed by atoms with Gasteiger partial charge in [0.2, 0.25) is 0 Å². The minimum absolute atomic E-state index is 0.645. The van der Waals surface area contributed by atoms with E-state index in [2.05, 4.69) is 28.3 Å². The molecule has 3 aromatic heterocycles. The van der Waals surface area contributed by atoms with Gasteiger partial charge < -0.3 is 5.32 Å². The maximum atomic E-state index is 6.27. The summed E-state index contributed by atoms with van der Waals surface area (Å²) >= 11 is 7.92. The van der Waals surface area contributed by atoms with Crippen LogP contribution in [0.1, 0.15) is 4.88 Å². The fourth-order valence-corrected chi connectivity index (χ4v) is 3.51. The molecule has 24 heavy (non-hydrogen) atoms. The molecule has 0 amide bonds. The van der Waals surface area contributed by atoms with Crippen molar-refractivity contribution >= 4 is 44.7 Å². The maximum Gasteiger partial charge on any atom is 0.164 e. The van der Waals surface area contributed by atoms with Gasteiger partial charge in [-0.2, -0.15) is 0 Å². The second-order valence-electron chi connectivity index (χ2n) is 5.32. The normalized spacial score (nSPS) is 10.9. The number of aryl methyl sites for hydroxylation is 1. The SMILES string of the molecule is Cc1cc2c(Nc3ccccc3Cl)nc(-c3cccnc3)nc2s1. The van der Waals surface area contributed by atoms with Gasteiger partial charge >= 0.3 is 0 Å². The van der Waals surface area contributed by atoms with Crippen molar-refractivity contribution in [2.24, 2.45) is 0 Å². The van der Waals surface area contributed by atoms with Crippen molar-refractivity contribution in [3.63, 3.8) is 0 Å². The Morgan fingerprint density at radius 1 is 1.08 bits per heavy atom. The Morgan fingerprint density at radius 2 is 1.96 bits per heavy atom. The molecule has 1 aromatic carbocycles. The Morgan fingerprint density at radius 3 is 2.75 bits per heavy atom. The highest BCUT2D eigenvalue weighted by Gasteiger charge is 2.13. The predicted molar refractivity (Wildman–Crippen MR) is 100 cm³/mol. The Kier molecular flexibility index (Phi) is 3.88. The maximum absolute atomic E-state index is 6.27. The number of para-hydroxylation sites is 1. The molecule has 0 atom stereocenters. The fraction of sp³-hybridized carbons (Fsp3) is 0.0556. The van der Waals surface area contributed by atoms with Crippen LogP contribution in [0.5, 0.6) is 0 Å². The molecule has 6 heteroatoms.